The average Bonchev–Trinajstić information content (AvgIpc) is 3.31. The summed E-state index contributed by atoms with van der Waals surface area (Å²) < 4.78 is 23.3. The van der Waals surface area contributed by atoms with Crippen LogP contribution in [0.25, 0.3) is 11.1 Å². The summed E-state index contributed by atoms with van der Waals surface area (Å²) in [6.07, 6.45) is 13.5. The molecule has 7 nitrogen and oxygen atoms in total. The summed E-state index contributed by atoms with van der Waals surface area (Å²) in [6, 6.07) is 13.6. The fourth-order valence-corrected chi connectivity index (χ4v) is 8.13. The van der Waals surface area contributed by atoms with Gasteiger partial charge in [-0.15, -0.1) is 0 Å². The highest BCUT2D eigenvalue weighted by atomic mass is 32.2. The third-order valence-electron chi connectivity index (χ3n) is 8.97. The molecule has 0 aromatic heterocycles. The second-order valence-electron chi connectivity index (χ2n) is 12.2. The van der Waals surface area contributed by atoms with Gasteiger partial charge in [-0.05, 0) is 79.2 Å². The molecule has 3 atom stereocenters. The number of hydrogen-bond donors (Lipinski definition) is 2. The van der Waals surface area contributed by atoms with Crippen LogP contribution in [0.1, 0.15) is 79.3 Å². The number of carbonyl (C=O) groups excluding carboxylic acids is 1. The van der Waals surface area contributed by atoms with Crippen LogP contribution < -0.4 is 5.32 Å². The second-order valence-corrected chi connectivity index (χ2v) is 15.4. The topological polar surface area (TPSA) is 104 Å². The maximum atomic E-state index is 13.5. The number of carboxylic acids is 1. The molecular weight excluding hydrogens is 569 g/mol. The summed E-state index contributed by atoms with van der Waals surface area (Å²) in [5, 5.41) is 12.3. The number of hydrogen-bond acceptors (Lipinski definition) is 6. The van der Waals surface area contributed by atoms with E-state index in [2.05, 4.69) is 22.5 Å². The molecule has 4 rings (SSSR count). The molecule has 230 valence electrons. The zero-order valence-corrected chi connectivity index (χ0v) is 26.8. The minimum absolute atomic E-state index is 0.189. The number of aliphatic carboxylic acids is 1. The van der Waals surface area contributed by atoms with Crippen LogP contribution in [0.5, 0.6) is 0 Å². The summed E-state index contributed by atoms with van der Waals surface area (Å²) >= 11 is 1.90. The molecule has 2 aromatic carbocycles. The van der Waals surface area contributed by atoms with Crippen LogP contribution in [-0.4, -0.2) is 72.4 Å². The number of rotatable bonds is 13. The molecule has 3 unspecified atom stereocenters. The average molecular weight is 615 g/mol. The zero-order valence-electron chi connectivity index (χ0n) is 25.2. The van der Waals surface area contributed by atoms with E-state index in [-0.39, 0.29) is 12.2 Å². The molecule has 2 N–H and O–H groups in total. The monoisotopic (exact) mass is 614 g/mol. The lowest BCUT2D eigenvalue weighted by molar-refractivity contribution is -0.139. The predicted molar refractivity (Wildman–Crippen MR) is 172 cm³/mol. The molecular formula is C33H46N2O5S2. The van der Waals surface area contributed by atoms with Gasteiger partial charge in [0.2, 0.25) is 0 Å². The van der Waals surface area contributed by atoms with Crippen LogP contribution in [-0.2, 0) is 21.2 Å². The number of sulfone groups is 1. The number of nitrogens with zero attached hydrogens (tertiary/aromatic N) is 1. The number of aryl methyl sites for hydroxylation is 1. The fourth-order valence-electron chi connectivity index (χ4n) is 6.73. The van der Waals surface area contributed by atoms with Crippen molar-refractivity contribution in [2.45, 2.75) is 89.4 Å². The Labute approximate surface area is 255 Å². The molecule has 1 heterocycles. The molecule has 9 heteroatoms. The summed E-state index contributed by atoms with van der Waals surface area (Å²) in [5.74, 6) is -0.159. The van der Waals surface area contributed by atoms with E-state index in [1.165, 1.54) is 51.4 Å². The largest absolute Gasteiger partial charge is 0.480 e. The number of likely N-dealkylation sites (tertiary alicyclic amines) is 1. The molecule has 1 amide bonds. The van der Waals surface area contributed by atoms with E-state index < -0.39 is 27.8 Å². The van der Waals surface area contributed by atoms with E-state index >= 15 is 0 Å². The van der Waals surface area contributed by atoms with Crippen molar-refractivity contribution in [1.29, 1.82) is 0 Å². The van der Waals surface area contributed by atoms with Gasteiger partial charge in [0.1, 0.15) is 15.9 Å². The van der Waals surface area contributed by atoms with Crippen molar-refractivity contribution in [2.75, 3.05) is 24.0 Å². The van der Waals surface area contributed by atoms with Crippen molar-refractivity contribution in [3.63, 3.8) is 0 Å². The van der Waals surface area contributed by atoms with Crippen molar-refractivity contribution in [2.24, 2.45) is 5.92 Å². The third-order valence-corrected chi connectivity index (χ3v) is 10.7. The molecule has 1 aliphatic carbocycles. The Bertz CT molecular complexity index is 1340. The Hall–Kier alpha value is -2.36. The van der Waals surface area contributed by atoms with Crippen LogP contribution in [0.4, 0.5) is 0 Å². The Morgan fingerprint density at radius 2 is 1.74 bits per heavy atom. The van der Waals surface area contributed by atoms with Crippen molar-refractivity contribution < 1.29 is 23.1 Å². The van der Waals surface area contributed by atoms with E-state index in [1.807, 2.05) is 49.0 Å². The number of carboxylic acid groups (broad SMARTS) is 1. The zero-order chi connectivity index (χ0) is 30.3. The van der Waals surface area contributed by atoms with E-state index in [4.69, 9.17) is 0 Å². The van der Waals surface area contributed by atoms with Crippen LogP contribution in [0.3, 0.4) is 0 Å². The normalized spacial score (nSPS) is 20.8. The van der Waals surface area contributed by atoms with Gasteiger partial charge in [-0.3, -0.25) is 9.69 Å². The molecule has 2 aliphatic rings. The van der Waals surface area contributed by atoms with Gasteiger partial charge in [-0.2, -0.15) is 11.8 Å². The highest BCUT2D eigenvalue weighted by molar-refractivity contribution is 7.98. The molecule has 42 heavy (non-hydrogen) atoms. The van der Waals surface area contributed by atoms with E-state index in [0.717, 1.165) is 46.7 Å². The summed E-state index contributed by atoms with van der Waals surface area (Å²) in [5.41, 5.74) is 4.23. The quantitative estimate of drug-likeness (QED) is 0.288. The van der Waals surface area contributed by atoms with Crippen LogP contribution >= 0.6 is 11.8 Å². The number of amides is 1. The molecule has 0 spiro atoms. The lowest BCUT2D eigenvalue weighted by Crippen LogP contribution is -2.42. The molecule has 1 aliphatic heterocycles. The maximum absolute atomic E-state index is 13.5. The number of carbonyl (C=O) groups is 2. The molecule has 0 bridgehead atoms. The van der Waals surface area contributed by atoms with Crippen molar-refractivity contribution >= 4 is 33.5 Å². The first-order chi connectivity index (χ1) is 20.1. The van der Waals surface area contributed by atoms with Gasteiger partial charge in [-0.25, -0.2) is 13.2 Å². The molecule has 0 radical (unpaired) electrons. The summed E-state index contributed by atoms with van der Waals surface area (Å²) in [7, 11) is -3.37. The predicted octanol–water partition coefficient (Wildman–Crippen LogP) is 5.95. The molecule has 2 fully saturated rings. The van der Waals surface area contributed by atoms with Crippen molar-refractivity contribution in [3.05, 3.63) is 59.2 Å². The maximum Gasteiger partial charge on any atom is 0.326 e. The van der Waals surface area contributed by atoms with E-state index in [1.54, 1.807) is 6.07 Å². The first-order valence-electron chi connectivity index (χ1n) is 15.2. The highest BCUT2D eigenvalue weighted by Crippen LogP contribution is 2.37. The smallest absolute Gasteiger partial charge is 0.326 e. The van der Waals surface area contributed by atoms with E-state index in [0.29, 0.717) is 17.6 Å². The van der Waals surface area contributed by atoms with Gasteiger partial charge >= 0.3 is 5.97 Å². The minimum atomic E-state index is -3.37. The van der Waals surface area contributed by atoms with Gasteiger partial charge in [0.15, 0.2) is 0 Å². The Morgan fingerprint density at radius 1 is 1.02 bits per heavy atom. The van der Waals surface area contributed by atoms with Gasteiger partial charge in [0.05, 0.1) is 5.75 Å². The Morgan fingerprint density at radius 3 is 2.40 bits per heavy atom. The van der Waals surface area contributed by atoms with Crippen LogP contribution in [0.2, 0.25) is 0 Å². The van der Waals surface area contributed by atoms with Gasteiger partial charge in [0.25, 0.3) is 5.91 Å². The molecule has 1 saturated heterocycles. The van der Waals surface area contributed by atoms with Crippen molar-refractivity contribution in [3.8, 4) is 11.1 Å². The van der Waals surface area contributed by atoms with Gasteiger partial charge in [-0.1, -0.05) is 62.4 Å². The second kappa shape index (κ2) is 14.9. The number of thioether (sulfide) groups is 1. The first-order valence-corrected chi connectivity index (χ1v) is 18.7. The summed E-state index contributed by atoms with van der Waals surface area (Å²) in [6.45, 7) is 2.82. The third kappa shape index (κ3) is 8.83. The summed E-state index contributed by atoms with van der Waals surface area (Å²) in [4.78, 5) is 28.1. The highest BCUT2D eigenvalue weighted by Gasteiger charge is 2.35. The molecule has 2 aromatic rings. The van der Waals surface area contributed by atoms with E-state index in [9.17, 15) is 23.1 Å². The number of benzene rings is 2. The van der Waals surface area contributed by atoms with Gasteiger partial charge < -0.3 is 10.4 Å². The van der Waals surface area contributed by atoms with Crippen molar-refractivity contribution in [1.82, 2.24) is 10.2 Å². The minimum Gasteiger partial charge on any atom is -0.480 e. The lowest BCUT2D eigenvalue weighted by atomic mass is 9.84. The Kier molecular flexibility index (Phi) is 11.5. The van der Waals surface area contributed by atoms with Gasteiger partial charge in [0, 0.05) is 36.2 Å². The number of nitrogens with one attached hydrogen (secondary N) is 1. The van der Waals surface area contributed by atoms with Crippen LogP contribution in [0.15, 0.2) is 42.5 Å². The fraction of sp³-hybridized carbons (Fsp3) is 0.576. The standard InChI is InChI=1S/C33H46N2O5S2/c1-23-9-7-8-12-28(23)30-20-25(13-16-29(30)32(36)34-31(33(37)38)17-18-42(3,39)40)21-35-26(14-15-27(35)22-41-2)19-24-10-5-4-6-11-24/h7-9,12-13,16,20,24,26-27,31H,4-6,10-11,14-15,17-19,21-22H2,1-3H3,(H,34,36)(H,37,38). The lowest BCUT2D eigenvalue weighted by Gasteiger charge is -2.33. The van der Waals surface area contributed by atoms with Crippen LogP contribution in [0, 0.1) is 12.8 Å². The SMILES string of the molecule is CSCC1CCC(CC2CCCCC2)N1Cc1ccc(C(=O)NC(CCS(C)(=O)=O)C(=O)O)c(-c2ccccc2C)c1. The Balaban J connectivity index is 1.62. The first kappa shape index (κ1) is 32.6. The molecule has 1 saturated carbocycles.